The molecule has 2 saturated heterocycles. The molecule has 2 rings (SSSR count). The molecule has 2 fully saturated rings. The average Bonchev–Trinajstić information content (AvgIpc) is 2.90. The van der Waals surface area contributed by atoms with Gasteiger partial charge >= 0.3 is 0 Å². The summed E-state index contributed by atoms with van der Waals surface area (Å²) in [6.07, 6.45) is 1.67. The van der Waals surface area contributed by atoms with Gasteiger partial charge in [0.15, 0.2) is 0 Å². The van der Waals surface area contributed by atoms with E-state index in [1.54, 1.807) is 4.90 Å². The van der Waals surface area contributed by atoms with E-state index in [-0.39, 0.29) is 30.8 Å². The number of nitrogens with one attached hydrogen (secondary N) is 2. The van der Waals surface area contributed by atoms with E-state index in [1.807, 2.05) is 0 Å². The Bertz CT molecular complexity index is 289. The molecular formula is C11H20ClN3O3. The van der Waals surface area contributed by atoms with Crippen molar-refractivity contribution in [2.45, 2.75) is 18.9 Å². The predicted octanol–water partition coefficient (Wildman–Crippen LogP) is -0.865. The van der Waals surface area contributed by atoms with Gasteiger partial charge in [-0.25, -0.2) is 0 Å². The molecule has 0 aromatic heterocycles. The zero-order valence-corrected chi connectivity index (χ0v) is 11.1. The summed E-state index contributed by atoms with van der Waals surface area (Å²) in [7, 11) is 0. The first kappa shape index (κ1) is 15.2. The first-order valence-corrected chi connectivity index (χ1v) is 6.15. The first-order chi connectivity index (χ1) is 8.27. The number of halogens is 1. The summed E-state index contributed by atoms with van der Waals surface area (Å²) < 4.78 is 5.30. The predicted molar refractivity (Wildman–Crippen MR) is 68.7 cm³/mol. The number of hydrogen-bond acceptors (Lipinski definition) is 4. The zero-order valence-electron chi connectivity index (χ0n) is 10.3. The van der Waals surface area contributed by atoms with Crippen LogP contribution in [0.15, 0.2) is 0 Å². The molecule has 2 aliphatic heterocycles. The molecule has 0 radical (unpaired) electrons. The fourth-order valence-electron chi connectivity index (χ4n) is 2.09. The smallest absolute Gasteiger partial charge is 0.250 e. The topological polar surface area (TPSA) is 70.7 Å². The molecule has 0 aromatic rings. The van der Waals surface area contributed by atoms with Gasteiger partial charge in [-0.05, 0) is 12.8 Å². The number of morpholine rings is 1. The van der Waals surface area contributed by atoms with Crippen LogP contribution >= 0.6 is 12.4 Å². The Kier molecular flexibility index (Phi) is 6.38. The van der Waals surface area contributed by atoms with Crippen molar-refractivity contribution in [3.8, 4) is 0 Å². The molecule has 2 N–H and O–H groups in total. The summed E-state index contributed by atoms with van der Waals surface area (Å²) in [6.45, 7) is 3.55. The Morgan fingerprint density at radius 2 is 2.06 bits per heavy atom. The molecule has 0 aliphatic carbocycles. The first-order valence-electron chi connectivity index (χ1n) is 6.15. The van der Waals surface area contributed by atoms with E-state index in [2.05, 4.69) is 10.6 Å². The highest BCUT2D eigenvalue weighted by atomic mass is 35.5. The molecule has 2 amide bonds. The Hall–Kier alpha value is -0.850. The minimum atomic E-state index is -0.463. The standard InChI is InChI=1S/C11H19N3O3.ClH/c15-10(14-4-1-2-5-14)8-13-11(16)9-7-12-3-6-17-9;/h9,12H,1-8H2,(H,13,16);1H. The minimum absolute atomic E-state index is 0. The number of carbonyl (C=O) groups excluding carboxylic acids is 2. The van der Waals surface area contributed by atoms with Gasteiger partial charge in [-0.3, -0.25) is 9.59 Å². The van der Waals surface area contributed by atoms with Gasteiger partial charge in [0.25, 0.3) is 5.91 Å². The number of carbonyl (C=O) groups is 2. The van der Waals surface area contributed by atoms with Gasteiger partial charge in [0.1, 0.15) is 6.10 Å². The lowest BCUT2D eigenvalue weighted by molar-refractivity contribution is -0.138. The second-order valence-electron chi connectivity index (χ2n) is 4.37. The Labute approximate surface area is 113 Å². The van der Waals surface area contributed by atoms with Crippen molar-refractivity contribution in [3.63, 3.8) is 0 Å². The lowest BCUT2D eigenvalue weighted by atomic mass is 10.3. The fraction of sp³-hybridized carbons (Fsp3) is 0.818. The average molecular weight is 278 g/mol. The molecule has 7 heteroatoms. The van der Waals surface area contributed by atoms with Crippen LogP contribution in [0.2, 0.25) is 0 Å². The third-order valence-electron chi connectivity index (χ3n) is 3.09. The van der Waals surface area contributed by atoms with Crippen LogP contribution in [0.5, 0.6) is 0 Å². The Morgan fingerprint density at radius 3 is 2.67 bits per heavy atom. The van der Waals surface area contributed by atoms with E-state index in [4.69, 9.17) is 4.74 Å². The van der Waals surface area contributed by atoms with Crippen molar-refractivity contribution < 1.29 is 14.3 Å². The van der Waals surface area contributed by atoms with Gasteiger partial charge in [0, 0.05) is 26.2 Å². The lowest BCUT2D eigenvalue weighted by Gasteiger charge is -2.23. The molecule has 0 aromatic carbocycles. The maximum Gasteiger partial charge on any atom is 0.250 e. The molecule has 0 saturated carbocycles. The van der Waals surface area contributed by atoms with Crippen LogP contribution in [-0.4, -0.2) is 62.1 Å². The molecule has 1 unspecified atom stereocenters. The summed E-state index contributed by atoms with van der Waals surface area (Å²) in [5, 5.41) is 5.71. The molecule has 104 valence electrons. The summed E-state index contributed by atoms with van der Waals surface area (Å²) in [6, 6.07) is 0. The van der Waals surface area contributed by atoms with Crippen LogP contribution in [0.1, 0.15) is 12.8 Å². The second-order valence-corrected chi connectivity index (χ2v) is 4.37. The van der Waals surface area contributed by atoms with Crippen molar-refractivity contribution in [1.82, 2.24) is 15.5 Å². The van der Waals surface area contributed by atoms with Gasteiger partial charge in [-0.15, -0.1) is 12.4 Å². The Balaban J connectivity index is 0.00000162. The number of nitrogens with zero attached hydrogens (tertiary/aromatic N) is 1. The van der Waals surface area contributed by atoms with Crippen molar-refractivity contribution in [1.29, 1.82) is 0 Å². The van der Waals surface area contributed by atoms with E-state index in [0.717, 1.165) is 32.5 Å². The zero-order chi connectivity index (χ0) is 12.1. The fourth-order valence-corrected chi connectivity index (χ4v) is 2.09. The van der Waals surface area contributed by atoms with E-state index >= 15 is 0 Å². The molecule has 6 nitrogen and oxygen atoms in total. The lowest BCUT2D eigenvalue weighted by Crippen LogP contribution is -2.49. The number of likely N-dealkylation sites (tertiary alicyclic amines) is 1. The largest absolute Gasteiger partial charge is 0.366 e. The maximum absolute atomic E-state index is 11.7. The third kappa shape index (κ3) is 4.12. The Morgan fingerprint density at radius 1 is 1.33 bits per heavy atom. The molecule has 18 heavy (non-hydrogen) atoms. The van der Waals surface area contributed by atoms with Crippen LogP contribution in [-0.2, 0) is 14.3 Å². The van der Waals surface area contributed by atoms with Crippen molar-refractivity contribution in [2.75, 3.05) is 39.3 Å². The summed E-state index contributed by atoms with van der Waals surface area (Å²) in [5.74, 6) is -0.204. The van der Waals surface area contributed by atoms with Crippen LogP contribution in [0, 0.1) is 0 Å². The normalized spacial score (nSPS) is 23.3. The highest BCUT2D eigenvalue weighted by Crippen LogP contribution is 2.06. The number of ether oxygens (including phenoxy) is 1. The highest BCUT2D eigenvalue weighted by Gasteiger charge is 2.23. The molecule has 0 bridgehead atoms. The van der Waals surface area contributed by atoms with Crippen molar-refractivity contribution >= 4 is 24.2 Å². The van der Waals surface area contributed by atoms with E-state index in [9.17, 15) is 9.59 Å². The molecule has 0 spiro atoms. The van der Waals surface area contributed by atoms with E-state index in [1.165, 1.54) is 0 Å². The third-order valence-corrected chi connectivity index (χ3v) is 3.09. The van der Waals surface area contributed by atoms with E-state index < -0.39 is 6.10 Å². The van der Waals surface area contributed by atoms with Gasteiger partial charge in [0.05, 0.1) is 13.2 Å². The number of rotatable bonds is 3. The van der Waals surface area contributed by atoms with E-state index in [0.29, 0.717) is 13.2 Å². The molecule has 1 atom stereocenters. The minimum Gasteiger partial charge on any atom is -0.366 e. The van der Waals surface area contributed by atoms with Crippen LogP contribution < -0.4 is 10.6 Å². The maximum atomic E-state index is 11.7. The quantitative estimate of drug-likeness (QED) is 0.704. The summed E-state index contributed by atoms with van der Waals surface area (Å²) in [4.78, 5) is 25.1. The number of hydrogen-bond donors (Lipinski definition) is 2. The second kappa shape index (κ2) is 7.56. The van der Waals surface area contributed by atoms with Gasteiger partial charge < -0.3 is 20.3 Å². The van der Waals surface area contributed by atoms with Crippen LogP contribution in [0.25, 0.3) is 0 Å². The molecule has 2 heterocycles. The van der Waals surface area contributed by atoms with Crippen LogP contribution in [0.4, 0.5) is 0 Å². The van der Waals surface area contributed by atoms with Crippen LogP contribution in [0.3, 0.4) is 0 Å². The van der Waals surface area contributed by atoms with Gasteiger partial charge in [-0.1, -0.05) is 0 Å². The molecular weight excluding hydrogens is 258 g/mol. The van der Waals surface area contributed by atoms with Crippen molar-refractivity contribution in [2.24, 2.45) is 0 Å². The van der Waals surface area contributed by atoms with Gasteiger partial charge in [-0.2, -0.15) is 0 Å². The monoisotopic (exact) mass is 277 g/mol. The highest BCUT2D eigenvalue weighted by molar-refractivity contribution is 5.87. The summed E-state index contributed by atoms with van der Waals surface area (Å²) >= 11 is 0. The SMILES string of the molecule is Cl.O=C(NCC(=O)N1CCCC1)C1CNCCO1. The number of amides is 2. The van der Waals surface area contributed by atoms with Crippen molar-refractivity contribution in [3.05, 3.63) is 0 Å². The summed E-state index contributed by atoms with van der Waals surface area (Å²) in [5.41, 5.74) is 0. The van der Waals surface area contributed by atoms with Gasteiger partial charge in [0.2, 0.25) is 5.91 Å². The molecule has 2 aliphatic rings.